The number of nitrogens with zero attached hydrogens (tertiary/aromatic N) is 2. The van der Waals surface area contributed by atoms with Crippen molar-refractivity contribution >= 4 is 10.8 Å². The smallest absolute Gasteiger partial charge is 0.0863 e. The molecule has 0 amide bonds. The molecule has 0 spiro atoms. The Labute approximate surface area is 82.8 Å². The topological polar surface area (TPSA) is 36.7 Å². The van der Waals surface area contributed by atoms with E-state index in [1.807, 2.05) is 37.3 Å². The van der Waals surface area contributed by atoms with Crippen LogP contribution in [0.5, 0.6) is 0 Å². The van der Waals surface area contributed by atoms with Gasteiger partial charge in [-0.05, 0) is 18.4 Å². The van der Waals surface area contributed by atoms with E-state index in [4.69, 9.17) is 5.26 Å². The number of hydrogen-bond acceptors (Lipinski definition) is 2. The first-order valence-electron chi connectivity index (χ1n) is 4.56. The largest absolute Gasteiger partial charge is 0.259 e. The van der Waals surface area contributed by atoms with Crippen LogP contribution >= 0.6 is 0 Å². The molecule has 0 aliphatic carbocycles. The van der Waals surface area contributed by atoms with Crippen molar-refractivity contribution in [2.75, 3.05) is 0 Å². The second-order valence-corrected chi connectivity index (χ2v) is 3.27. The van der Waals surface area contributed by atoms with Crippen molar-refractivity contribution in [3.63, 3.8) is 0 Å². The number of nitriles is 1. The summed E-state index contributed by atoms with van der Waals surface area (Å²) in [6.45, 7) is 1.87. The van der Waals surface area contributed by atoms with Gasteiger partial charge in [-0.3, -0.25) is 4.98 Å². The maximum atomic E-state index is 8.86. The maximum Gasteiger partial charge on any atom is 0.0863 e. The fourth-order valence-corrected chi connectivity index (χ4v) is 1.55. The summed E-state index contributed by atoms with van der Waals surface area (Å²) in [6.07, 6.45) is 1.76. The van der Waals surface area contributed by atoms with E-state index in [0.717, 1.165) is 16.5 Å². The Morgan fingerprint density at radius 1 is 1.29 bits per heavy atom. The van der Waals surface area contributed by atoms with Gasteiger partial charge in [0.2, 0.25) is 0 Å². The first kappa shape index (κ1) is 8.71. The highest BCUT2D eigenvalue weighted by Crippen LogP contribution is 2.22. The van der Waals surface area contributed by atoms with Crippen LogP contribution in [-0.2, 0) is 0 Å². The second kappa shape index (κ2) is 3.47. The van der Waals surface area contributed by atoms with Gasteiger partial charge in [0.15, 0.2) is 0 Å². The molecule has 0 fully saturated rings. The normalized spacial score (nSPS) is 12.3. The Morgan fingerprint density at radius 2 is 2.07 bits per heavy atom. The van der Waals surface area contributed by atoms with Crippen LogP contribution in [0.3, 0.4) is 0 Å². The van der Waals surface area contributed by atoms with Gasteiger partial charge in [0.05, 0.1) is 17.7 Å². The monoisotopic (exact) mass is 182 g/mol. The fraction of sp³-hybridized carbons (Fsp3) is 0.167. The molecule has 0 saturated carbocycles. The lowest BCUT2D eigenvalue weighted by Gasteiger charge is -2.05. The standard InChI is InChI=1S/C12H10N2/c1-9(8-13)12-11-5-3-2-4-10(11)6-7-14-12/h2-7,9H,1H3. The van der Waals surface area contributed by atoms with E-state index in [-0.39, 0.29) is 5.92 Å². The van der Waals surface area contributed by atoms with Gasteiger partial charge in [0.25, 0.3) is 0 Å². The molecule has 2 rings (SSSR count). The molecule has 1 heterocycles. The van der Waals surface area contributed by atoms with Gasteiger partial charge >= 0.3 is 0 Å². The summed E-state index contributed by atoms with van der Waals surface area (Å²) in [6, 6.07) is 12.2. The molecule has 2 nitrogen and oxygen atoms in total. The summed E-state index contributed by atoms with van der Waals surface area (Å²) in [5.74, 6) is -0.152. The van der Waals surface area contributed by atoms with Crippen molar-refractivity contribution in [2.45, 2.75) is 12.8 Å². The third kappa shape index (κ3) is 1.33. The fourth-order valence-electron chi connectivity index (χ4n) is 1.55. The molecule has 1 aromatic heterocycles. The minimum atomic E-state index is -0.152. The number of fused-ring (bicyclic) bond motifs is 1. The average molecular weight is 182 g/mol. The van der Waals surface area contributed by atoms with E-state index in [9.17, 15) is 0 Å². The molecule has 1 aromatic carbocycles. The predicted molar refractivity (Wildman–Crippen MR) is 55.8 cm³/mol. The van der Waals surface area contributed by atoms with Gasteiger partial charge in [-0.25, -0.2) is 0 Å². The molecule has 68 valence electrons. The molecule has 0 aliphatic rings. The molecular weight excluding hydrogens is 172 g/mol. The molecular formula is C12H10N2. The zero-order chi connectivity index (χ0) is 9.97. The minimum absolute atomic E-state index is 0.152. The second-order valence-electron chi connectivity index (χ2n) is 3.27. The third-order valence-electron chi connectivity index (χ3n) is 2.31. The van der Waals surface area contributed by atoms with Gasteiger partial charge in [-0.15, -0.1) is 0 Å². The SMILES string of the molecule is CC(C#N)c1nccc2ccccc12. The van der Waals surface area contributed by atoms with Crippen LogP contribution in [0.1, 0.15) is 18.5 Å². The summed E-state index contributed by atoms with van der Waals surface area (Å²) in [5.41, 5.74) is 0.866. The van der Waals surface area contributed by atoms with Crippen LogP contribution in [0, 0.1) is 11.3 Å². The zero-order valence-electron chi connectivity index (χ0n) is 7.94. The van der Waals surface area contributed by atoms with Crippen molar-refractivity contribution in [1.82, 2.24) is 4.98 Å². The molecule has 0 bridgehead atoms. The first-order valence-corrected chi connectivity index (χ1v) is 4.56. The van der Waals surface area contributed by atoms with Gasteiger partial charge in [-0.1, -0.05) is 24.3 Å². The van der Waals surface area contributed by atoms with Crippen molar-refractivity contribution in [2.24, 2.45) is 0 Å². The van der Waals surface area contributed by atoms with Crippen LogP contribution in [0.15, 0.2) is 36.5 Å². The van der Waals surface area contributed by atoms with Crippen LogP contribution < -0.4 is 0 Å². The summed E-state index contributed by atoms with van der Waals surface area (Å²) in [5, 5.41) is 11.1. The molecule has 1 unspecified atom stereocenters. The van der Waals surface area contributed by atoms with Crippen molar-refractivity contribution in [3.8, 4) is 6.07 Å². The Hall–Kier alpha value is -1.88. The van der Waals surface area contributed by atoms with E-state index in [0.29, 0.717) is 0 Å². The van der Waals surface area contributed by atoms with E-state index >= 15 is 0 Å². The highest BCUT2D eigenvalue weighted by molar-refractivity contribution is 5.84. The molecule has 1 atom stereocenters. The van der Waals surface area contributed by atoms with E-state index in [1.165, 1.54) is 0 Å². The van der Waals surface area contributed by atoms with Crippen LogP contribution in [0.25, 0.3) is 10.8 Å². The van der Waals surface area contributed by atoms with Gasteiger partial charge in [0.1, 0.15) is 0 Å². The predicted octanol–water partition coefficient (Wildman–Crippen LogP) is 2.86. The Bertz CT molecular complexity index is 492. The molecule has 2 heteroatoms. The summed E-state index contributed by atoms with van der Waals surface area (Å²) in [7, 11) is 0. The summed E-state index contributed by atoms with van der Waals surface area (Å²) >= 11 is 0. The molecule has 0 N–H and O–H groups in total. The van der Waals surface area contributed by atoms with Crippen LogP contribution in [0.4, 0.5) is 0 Å². The Morgan fingerprint density at radius 3 is 2.86 bits per heavy atom. The first-order chi connectivity index (χ1) is 6.83. The summed E-state index contributed by atoms with van der Waals surface area (Å²) in [4.78, 5) is 4.26. The number of pyridine rings is 1. The molecule has 0 saturated heterocycles. The quantitative estimate of drug-likeness (QED) is 0.680. The lowest BCUT2D eigenvalue weighted by atomic mass is 10.0. The van der Waals surface area contributed by atoms with Gasteiger partial charge in [0, 0.05) is 11.6 Å². The van der Waals surface area contributed by atoms with E-state index in [1.54, 1.807) is 6.20 Å². The molecule has 0 aliphatic heterocycles. The van der Waals surface area contributed by atoms with Crippen molar-refractivity contribution < 1.29 is 0 Å². The maximum absolute atomic E-state index is 8.86. The number of benzene rings is 1. The Balaban J connectivity index is 2.72. The van der Waals surface area contributed by atoms with Crippen LogP contribution in [0.2, 0.25) is 0 Å². The average Bonchev–Trinajstić information content (AvgIpc) is 2.27. The highest BCUT2D eigenvalue weighted by atomic mass is 14.7. The van der Waals surface area contributed by atoms with Crippen molar-refractivity contribution in [3.05, 3.63) is 42.2 Å². The lowest BCUT2D eigenvalue weighted by Crippen LogP contribution is -1.94. The summed E-state index contributed by atoms with van der Waals surface area (Å²) < 4.78 is 0. The van der Waals surface area contributed by atoms with E-state index in [2.05, 4.69) is 11.1 Å². The number of rotatable bonds is 1. The lowest BCUT2D eigenvalue weighted by molar-refractivity contribution is 0.935. The molecule has 2 aromatic rings. The van der Waals surface area contributed by atoms with Crippen molar-refractivity contribution in [1.29, 1.82) is 5.26 Å². The highest BCUT2D eigenvalue weighted by Gasteiger charge is 2.08. The van der Waals surface area contributed by atoms with Gasteiger partial charge < -0.3 is 0 Å². The third-order valence-corrected chi connectivity index (χ3v) is 2.31. The zero-order valence-corrected chi connectivity index (χ0v) is 7.94. The van der Waals surface area contributed by atoms with Gasteiger partial charge in [-0.2, -0.15) is 5.26 Å². The minimum Gasteiger partial charge on any atom is -0.259 e. The van der Waals surface area contributed by atoms with E-state index < -0.39 is 0 Å². The number of hydrogen-bond donors (Lipinski definition) is 0. The molecule has 0 radical (unpaired) electrons. The van der Waals surface area contributed by atoms with Crippen LogP contribution in [-0.4, -0.2) is 4.98 Å². The molecule has 14 heavy (non-hydrogen) atoms. The Kier molecular flexibility index (Phi) is 2.16. The number of aromatic nitrogens is 1.